The van der Waals surface area contributed by atoms with Gasteiger partial charge in [-0.3, -0.25) is 9.36 Å². The zero-order valence-electron chi connectivity index (χ0n) is 10.6. The molecule has 21 heavy (non-hydrogen) atoms. The molecule has 0 spiro atoms. The van der Waals surface area contributed by atoms with E-state index in [2.05, 4.69) is 9.82 Å². The summed E-state index contributed by atoms with van der Waals surface area (Å²) in [5, 5.41) is 2.15. The summed E-state index contributed by atoms with van der Waals surface area (Å²) in [6.07, 6.45) is 0. The summed E-state index contributed by atoms with van der Waals surface area (Å²) in [7, 11) is -2.04. The molecule has 1 aromatic rings. The molecule has 0 bridgehead atoms. The largest absolute Gasteiger partial charge is 0.468 e. The molecule has 118 valence electrons. The van der Waals surface area contributed by atoms with Crippen molar-refractivity contribution in [2.45, 2.75) is 17.9 Å². The molecule has 1 unspecified atom stereocenters. The molecule has 0 saturated carbocycles. The van der Waals surface area contributed by atoms with E-state index in [1.165, 1.54) is 6.92 Å². The second-order valence-corrected chi connectivity index (χ2v) is 6.88. The van der Waals surface area contributed by atoms with Crippen LogP contribution in [0.1, 0.15) is 6.92 Å². The normalized spacial score (nSPS) is 13.9. The number of esters is 1. The third kappa shape index (κ3) is 3.96. The third-order valence-corrected chi connectivity index (χ3v) is 5.19. The van der Waals surface area contributed by atoms with Crippen LogP contribution in [-0.4, -0.2) is 19.1 Å². The molecule has 0 heterocycles. The molecule has 1 N–H and O–H groups in total. The van der Waals surface area contributed by atoms with Crippen molar-refractivity contribution in [2.75, 3.05) is 7.11 Å². The van der Waals surface area contributed by atoms with Gasteiger partial charge >= 0.3 is 5.97 Å². The average Bonchev–Trinajstić information content (AvgIpc) is 2.46. The summed E-state index contributed by atoms with van der Waals surface area (Å²) in [6, 6.07) is -1.07. The number of halogens is 5. The lowest BCUT2D eigenvalue weighted by molar-refractivity contribution is -0.142. The molecule has 0 fully saturated rings. The van der Waals surface area contributed by atoms with Gasteiger partial charge in [-0.05, 0) is 18.3 Å². The third-order valence-electron chi connectivity index (χ3n) is 2.25. The first-order valence-electron chi connectivity index (χ1n) is 5.28. The van der Waals surface area contributed by atoms with Gasteiger partial charge in [-0.15, -0.1) is 0 Å². The number of carbonyl (C=O) groups is 1. The lowest BCUT2D eigenvalue weighted by Gasteiger charge is -2.12. The zero-order valence-corrected chi connectivity index (χ0v) is 12.4. The minimum Gasteiger partial charge on any atom is -0.468 e. The van der Waals surface area contributed by atoms with Crippen molar-refractivity contribution >= 4 is 24.5 Å². The first kappa shape index (κ1) is 17.9. The van der Waals surface area contributed by atoms with Gasteiger partial charge in [-0.25, -0.2) is 27.0 Å². The summed E-state index contributed by atoms with van der Waals surface area (Å²) in [4.78, 5) is 9.77. The Morgan fingerprint density at radius 3 is 1.95 bits per heavy atom. The maximum absolute atomic E-state index is 13.3. The molecule has 0 saturated heterocycles. The zero-order chi connectivity index (χ0) is 16.3. The van der Waals surface area contributed by atoms with Gasteiger partial charge in [-0.1, -0.05) is 0 Å². The van der Waals surface area contributed by atoms with Crippen molar-refractivity contribution in [3.63, 3.8) is 0 Å². The Labute approximate surface area is 120 Å². The molecule has 0 amide bonds. The average molecular weight is 349 g/mol. The highest BCUT2D eigenvalue weighted by Gasteiger charge is 2.27. The molecule has 4 nitrogen and oxygen atoms in total. The van der Waals surface area contributed by atoms with Crippen LogP contribution in [0, 0.1) is 29.1 Å². The van der Waals surface area contributed by atoms with E-state index in [1.54, 1.807) is 0 Å². The summed E-state index contributed by atoms with van der Waals surface area (Å²) < 4.78 is 81.3. The van der Waals surface area contributed by atoms with Crippen molar-refractivity contribution in [3.8, 4) is 0 Å². The van der Waals surface area contributed by atoms with Gasteiger partial charge in [0.25, 0.3) is 0 Å². The number of methoxy groups -OCH3 is 1. The Morgan fingerprint density at radius 1 is 1.10 bits per heavy atom. The van der Waals surface area contributed by atoms with Crippen LogP contribution in [0.2, 0.25) is 0 Å². The van der Waals surface area contributed by atoms with E-state index < -0.39 is 53.1 Å². The molecule has 1 rings (SSSR count). The number of hydrogen-bond acceptors (Lipinski definition) is 4. The quantitative estimate of drug-likeness (QED) is 0.291. The second kappa shape index (κ2) is 7.24. The number of rotatable bonds is 5. The summed E-state index contributed by atoms with van der Waals surface area (Å²) in [6.45, 7) is 1.26. The van der Waals surface area contributed by atoms with Crippen molar-refractivity contribution in [2.24, 2.45) is 0 Å². The summed E-state index contributed by atoms with van der Waals surface area (Å²) >= 11 is -0.0792. The molecule has 0 aromatic heterocycles. The van der Waals surface area contributed by atoms with E-state index in [1.807, 2.05) is 0 Å². The van der Waals surface area contributed by atoms with Crippen LogP contribution < -0.4 is 5.09 Å². The molecule has 0 aliphatic heterocycles. The van der Waals surface area contributed by atoms with Gasteiger partial charge in [0.2, 0.25) is 5.82 Å². The van der Waals surface area contributed by atoms with Crippen molar-refractivity contribution < 1.29 is 36.0 Å². The van der Waals surface area contributed by atoms with Gasteiger partial charge in [0, 0.05) is 0 Å². The predicted molar refractivity (Wildman–Crippen MR) is 65.7 cm³/mol. The number of hydrogen-bond donors (Lipinski definition) is 1. The standard InChI is InChI=1S/C10H9F5NO3PS/c1-3(10(17)19-2)16-20(18)21-9-7(14)5(12)4(11)6(13)8(9)15/h3,20H,1-2H3,(H,16,18)/t3-/m0/s1. The Balaban J connectivity index is 2.99. The first-order chi connectivity index (χ1) is 9.70. The number of nitrogens with one attached hydrogen (secondary N) is 1. The lowest BCUT2D eigenvalue weighted by atomic mass is 10.3. The smallest absolute Gasteiger partial charge is 0.322 e. The number of carbonyl (C=O) groups excluding carboxylic acids is 1. The fraction of sp³-hybridized carbons (Fsp3) is 0.300. The Hall–Kier alpha value is -1.12. The summed E-state index contributed by atoms with van der Waals surface area (Å²) in [5.41, 5.74) is 0. The molecule has 0 aliphatic carbocycles. The number of benzene rings is 1. The Bertz CT molecular complexity index is 572. The monoisotopic (exact) mass is 349 g/mol. The minimum atomic E-state index is -3.11. The van der Waals surface area contributed by atoms with Crippen LogP contribution >= 0.6 is 18.5 Å². The van der Waals surface area contributed by atoms with E-state index in [-0.39, 0.29) is 11.4 Å². The van der Waals surface area contributed by atoms with E-state index >= 15 is 0 Å². The molecule has 11 heteroatoms. The molecule has 2 atom stereocenters. The molecule has 0 aliphatic rings. The van der Waals surface area contributed by atoms with Crippen molar-refractivity contribution in [1.82, 2.24) is 5.09 Å². The van der Waals surface area contributed by atoms with E-state index in [0.29, 0.717) is 0 Å². The van der Waals surface area contributed by atoms with Gasteiger partial charge in [-0.2, -0.15) is 0 Å². The van der Waals surface area contributed by atoms with Crippen LogP contribution in [-0.2, 0) is 14.1 Å². The Morgan fingerprint density at radius 2 is 1.52 bits per heavy atom. The molecule has 0 radical (unpaired) electrons. The van der Waals surface area contributed by atoms with Crippen LogP contribution in [0.25, 0.3) is 0 Å². The number of ether oxygens (including phenoxy) is 1. The topological polar surface area (TPSA) is 55.4 Å². The SMILES string of the molecule is COC(=O)[C@H](C)N[PH](=O)Sc1c(F)c(F)c(F)c(F)c1F. The van der Waals surface area contributed by atoms with Crippen molar-refractivity contribution in [3.05, 3.63) is 29.1 Å². The van der Waals surface area contributed by atoms with Crippen LogP contribution in [0.5, 0.6) is 0 Å². The maximum atomic E-state index is 13.3. The van der Waals surface area contributed by atoms with Crippen LogP contribution in [0.4, 0.5) is 22.0 Å². The highest BCUT2D eigenvalue weighted by Crippen LogP contribution is 2.44. The second-order valence-electron chi connectivity index (χ2n) is 3.68. The van der Waals surface area contributed by atoms with Crippen molar-refractivity contribution in [1.29, 1.82) is 0 Å². The fourth-order valence-corrected chi connectivity index (χ4v) is 4.08. The van der Waals surface area contributed by atoms with Crippen LogP contribution in [0.3, 0.4) is 0 Å². The molecule has 1 aromatic carbocycles. The Kier molecular flexibility index (Phi) is 6.18. The molecular formula is C10H9F5NO3PS. The summed E-state index contributed by atoms with van der Waals surface area (Å²) in [5.74, 6) is -11.5. The van der Waals surface area contributed by atoms with Gasteiger partial charge in [0.1, 0.15) is 6.04 Å². The van der Waals surface area contributed by atoms with E-state index in [9.17, 15) is 31.3 Å². The van der Waals surface area contributed by atoms with E-state index in [0.717, 1.165) is 7.11 Å². The fourth-order valence-electron chi connectivity index (χ4n) is 1.21. The predicted octanol–water partition coefficient (Wildman–Crippen LogP) is 3.02. The first-order valence-corrected chi connectivity index (χ1v) is 8.23. The van der Waals surface area contributed by atoms with Gasteiger partial charge in [0.05, 0.1) is 12.0 Å². The highest BCUT2D eigenvalue weighted by atomic mass is 32.7. The lowest BCUT2D eigenvalue weighted by Crippen LogP contribution is -2.29. The van der Waals surface area contributed by atoms with E-state index in [4.69, 9.17) is 0 Å². The maximum Gasteiger partial charge on any atom is 0.322 e. The van der Waals surface area contributed by atoms with Gasteiger partial charge < -0.3 is 4.74 Å². The van der Waals surface area contributed by atoms with Gasteiger partial charge in [0.15, 0.2) is 30.4 Å². The van der Waals surface area contributed by atoms with Crippen LogP contribution in [0.15, 0.2) is 4.90 Å². The molecular weight excluding hydrogens is 340 g/mol. The highest BCUT2D eigenvalue weighted by molar-refractivity contribution is 8.51. The minimum absolute atomic E-state index is 0.0792.